The highest BCUT2D eigenvalue weighted by molar-refractivity contribution is 7.89. The molecule has 1 fully saturated rings. The zero-order valence-corrected chi connectivity index (χ0v) is 14.6. The van der Waals surface area contributed by atoms with Gasteiger partial charge in [0.15, 0.2) is 0 Å². The van der Waals surface area contributed by atoms with E-state index in [0.29, 0.717) is 5.56 Å². The van der Waals surface area contributed by atoms with Crippen molar-refractivity contribution in [1.29, 1.82) is 0 Å². The van der Waals surface area contributed by atoms with Crippen LogP contribution in [0.15, 0.2) is 53.4 Å². The molecule has 0 radical (unpaired) electrons. The predicted molar refractivity (Wildman–Crippen MR) is 91.2 cm³/mol. The molecule has 2 N–H and O–H groups in total. The summed E-state index contributed by atoms with van der Waals surface area (Å²) in [5.74, 6) is -0.641. The van der Waals surface area contributed by atoms with Crippen LogP contribution in [0.1, 0.15) is 18.4 Å². The van der Waals surface area contributed by atoms with Crippen LogP contribution in [0.25, 0.3) is 0 Å². The van der Waals surface area contributed by atoms with E-state index in [-0.39, 0.29) is 23.1 Å². The normalized spacial score (nSPS) is 17.1. The molecule has 25 heavy (non-hydrogen) atoms. The van der Waals surface area contributed by atoms with Crippen LogP contribution in [0.5, 0.6) is 5.75 Å². The third-order valence-corrected chi connectivity index (χ3v) is 5.90. The van der Waals surface area contributed by atoms with Crippen molar-refractivity contribution in [2.75, 3.05) is 13.7 Å². The molecule has 1 unspecified atom stereocenters. The molecule has 2 aromatic rings. The van der Waals surface area contributed by atoms with E-state index in [0.717, 1.165) is 25.0 Å². The first-order chi connectivity index (χ1) is 11.9. The SMILES string of the molecule is COc1ccc(F)cc1S(=O)(=O)NCC(O)(c1ccccc1)C1CC1. The molecule has 1 atom stereocenters. The summed E-state index contributed by atoms with van der Waals surface area (Å²) in [6.07, 6.45) is 1.66. The summed E-state index contributed by atoms with van der Waals surface area (Å²) in [7, 11) is -2.73. The van der Waals surface area contributed by atoms with Crippen LogP contribution in [0.2, 0.25) is 0 Å². The van der Waals surface area contributed by atoms with Gasteiger partial charge in [-0.05, 0) is 42.5 Å². The summed E-state index contributed by atoms with van der Waals surface area (Å²) < 4.78 is 46.2. The third-order valence-electron chi connectivity index (χ3n) is 4.47. The lowest BCUT2D eigenvalue weighted by Crippen LogP contribution is -2.42. The topological polar surface area (TPSA) is 75.6 Å². The summed E-state index contributed by atoms with van der Waals surface area (Å²) in [5.41, 5.74) is -0.638. The van der Waals surface area contributed by atoms with Crippen molar-refractivity contribution in [1.82, 2.24) is 4.72 Å². The Morgan fingerprint density at radius 2 is 1.92 bits per heavy atom. The van der Waals surface area contributed by atoms with Gasteiger partial charge in [-0.3, -0.25) is 0 Å². The Balaban J connectivity index is 1.87. The molecule has 5 nitrogen and oxygen atoms in total. The number of nitrogens with one attached hydrogen (secondary N) is 1. The number of hydrogen-bond donors (Lipinski definition) is 2. The van der Waals surface area contributed by atoms with E-state index >= 15 is 0 Å². The van der Waals surface area contributed by atoms with Crippen LogP contribution < -0.4 is 9.46 Å². The van der Waals surface area contributed by atoms with Gasteiger partial charge in [-0.1, -0.05) is 30.3 Å². The smallest absolute Gasteiger partial charge is 0.244 e. The minimum absolute atomic E-state index is 0.00740. The quantitative estimate of drug-likeness (QED) is 0.790. The minimum Gasteiger partial charge on any atom is -0.495 e. The Labute approximate surface area is 146 Å². The van der Waals surface area contributed by atoms with Gasteiger partial charge < -0.3 is 9.84 Å². The molecule has 0 bridgehead atoms. The van der Waals surface area contributed by atoms with E-state index < -0.39 is 21.4 Å². The lowest BCUT2D eigenvalue weighted by Gasteiger charge is -2.29. The molecule has 0 aliphatic heterocycles. The van der Waals surface area contributed by atoms with Gasteiger partial charge in [0, 0.05) is 6.54 Å². The van der Waals surface area contributed by atoms with Crippen molar-refractivity contribution in [2.24, 2.45) is 5.92 Å². The van der Waals surface area contributed by atoms with E-state index in [1.807, 2.05) is 6.07 Å². The van der Waals surface area contributed by atoms with Crippen molar-refractivity contribution in [2.45, 2.75) is 23.3 Å². The van der Waals surface area contributed by atoms with Crippen molar-refractivity contribution >= 4 is 10.0 Å². The first kappa shape index (κ1) is 17.8. The molecule has 0 spiro atoms. The maximum Gasteiger partial charge on any atom is 0.244 e. The van der Waals surface area contributed by atoms with Crippen molar-refractivity contribution < 1.29 is 22.7 Å². The second kappa shape index (κ2) is 6.74. The van der Waals surface area contributed by atoms with E-state index in [1.54, 1.807) is 24.3 Å². The number of hydrogen-bond acceptors (Lipinski definition) is 4. The summed E-state index contributed by atoms with van der Waals surface area (Å²) >= 11 is 0. The molecule has 134 valence electrons. The molecule has 7 heteroatoms. The maximum absolute atomic E-state index is 13.5. The van der Waals surface area contributed by atoms with Crippen LogP contribution in [-0.2, 0) is 15.6 Å². The van der Waals surface area contributed by atoms with Gasteiger partial charge in [-0.2, -0.15) is 0 Å². The Bertz CT molecular complexity index is 853. The van der Waals surface area contributed by atoms with E-state index in [2.05, 4.69) is 4.72 Å². The number of methoxy groups -OCH3 is 1. The zero-order valence-electron chi connectivity index (χ0n) is 13.8. The molecule has 0 aromatic heterocycles. The minimum atomic E-state index is -4.05. The third kappa shape index (κ3) is 3.68. The van der Waals surface area contributed by atoms with Crippen LogP contribution in [0.4, 0.5) is 4.39 Å². The van der Waals surface area contributed by atoms with Crippen LogP contribution in [0.3, 0.4) is 0 Å². The lowest BCUT2D eigenvalue weighted by molar-refractivity contribution is 0.0185. The molecule has 1 saturated carbocycles. The first-order valence-electron chi connectivity index (χ1n) is 7.98. The number of aliphatic hydroxyl groups is 1. The summed E-state index contributed by atoms with van der Waals surface area (Å²) in [4.78, 5) is -0.291. The monoisotopic (exact) mass is 365 g/mol. The number of benzene rings is 2. The highest BCUT2D eigenvalue weighted by Gasteiger charge is 2.45. The lowest BCUT2D eigenvalue weighted by atomic mass is 9.89. The number of halogens is 1. The average molecular weight is 365 g/mol. The maximum atomic E-state index is 13.5. The Hall–Kier alpha value is -1.96. The fraction of sp³-hybridized carbons (Fsp3) is 0.333. The van der Waals surface area contributed by atoms with Crippen molar-refractivity contribution in [3.63, 3.8) is 0 Å². The van der Waals surface area contributed by atoms with Gasteiger partial charge in [0.2, 0.25) is 10.0 Å². The van der Waals surface area contributed by atoms with Crippen LogP contribution >= 0.6 is 0 Å². The van der Waals surface area contributed by atoms with Gasteiger partial charge in [-0.15, -0.1) is 0 Å². The molecule has 1 aliphatic carbocycles. The molecule has 0 saturated heterocycles. The number of sulfonamides is 1. The highest BCUT2D eigenvalue weighted by Crippen LogP contribution is 2.45. The number of rotatable bonds is 7. The van der Waals surface area contributed by atoms with E-state index in [9.17, 15) is 17.9 Å². The summed E-state index contributed by atoms with van der Waals surface area (Å²) in [6, 6.07) is 12.3. The molecule has 0 amide bonds. The van der Waals surface area contributed by atoms with Gasteiger partial charge in [0.25, 0.3) is 0 Å². The second-order valence-electron chi connectivity index (χ2n) is 6.18. The molecule has 1 aliphatic rings. The molecular weight excluding hydrogens is 345 g/mol. The first-order valence-corrected chi connectivity index (χ1v) is 9.46. The Morgan fingerprint density at radius 1 is 1.24 bits per heavy atom. The van der Waals surface area contributed by atoms with Gasteiger partial charge >= 0.3 is 0 Å². The zero-order chi connectivity index (χ0) is 18.1. The fourth-order valence-corrected chi connectivity index (χ4v) is 4.16. The fourth-order valence-electron chi connectivity index (χ4n) is 2.91. The molecule has 3 rings (SSSR count). The van der Waals surface area contributed by atoms with Gasteiger partial charge in [0.05, 0.1) is 7.11 Å². The highest BCUT2D eigenvalue weighted by atomic mass is 32.2. The second-order valence-corrected chi connectivity index (χ2v) is 7.92. The molecule has 2 aromatic carbocycles. The van der Waals surface area contributed by atoms with Gasteiger partial charge in [-0.25, -0.2) is 17.5 Å². The largest absolute Gasteiger partial charge is 0.495 e. The van der Waals surface area contributed by atoms with E-state index in [4.69, 9.17) is 4.74 Å². The van der Waals surface area contributed by atoms with Crippen LogP contribution in [-0.4, -0.2) is 27.2 Å². The van der Waals surface area contributed by atoms with Gasteiger partial charge in [0.1, 0.15) is 22.1 Å². The average Bonchev–Trinajstić information content (AvgIpc) is 3.46. The number of ether oxygens (including phenoxy) is 1. The Morgan fingerprint density at radius 3 is 2.52 bits per heavy atom. The Kier molecular flexibility index (Phi) is 4.81. The summed E-state index contributed by atoms with van der Waals surface area (Å²) in [6.45, 7) is -0.191. The summed E-state index contributed by atoms with van der Waals surface area (Å²) in [5, 5.41) is 11.1. The molecule has 0 heterocycles. The van der Waals surface area contributed by atoms with Crippen LogP contribution in [0, 0.1) is 11.7 Å². The van der Waals surface area contributed by atoms with Crippen molar-refractivity contribution in [3.05, 3.63) is 59.9 Å². The van der Waals surface area contributed by atoms with Crippen molar-refractivity contribution in [3.8, 4) is 5.75 Å². The standard InChI is InChI=1S/C18H20FNO4S/c1-24-16-10-9-15(19)11-17(16)25(22,23)20-12-18(21,14-7-8-14)13-5-3-2-4-6-13/h2-6,9-11,14,20-21H,7-8,12H2,1H3. The molecular formula is C18H20FNO4S. The predicted octanol–water partition coefficient (Wildman–Crippen LogP) is 2.41. The van der Waals surface area contributed by atoms with E-state index in [1.165, 1.54) is 13.2 Å².